The number of aliphatic carboxylic acids is 1. The Bertz CT molecular complexity index is 247. The molecule has 0 aromatic heterocycles. The number of hydrogen-bond donors (Lipinski definition) is 1. The molecule has 2 heterocycles. The normalized spacial score (nSPS) is 34.9. The van der Waals surface area contributed by atoms with Gasteiger partial charge < -0.3 is 5.11 Å². The molecule has 0 amide bonds. The van der Waals surface area contributed by atoms with Crippen LogP contribution in [0.25, 0.3) is 0 Å². The van der Waals surface area contributed by atoms with Crippen LogP contribution in [0.3, 0.4) is 0 Å². The number of rotatable bonds is 5. The summed E-state index contributed by atoms with van der Waals surface area (Å²) in [7, 11) is 0. The van der Waals surface area contributed by atoms with E-state index in [1.54, 1.807) is 0 Å². The second-order valence-corrected chi connectivity index (χ2v) is 5.81. The van der Waals surface area contributed by atoms with Crippen LogP contribution in [0.4, 0.5) is 0 Å². The molecule has 0 saturated carbocycles. The summed E-state index contributed by atoms with van der Waals surface area (Å²) < 4.78 is 0. The third-order valence-electron chi connectivity index (χ3n) is 3.70. The third kappa shape index (κ3) is 2.16. The highest BCUT2D eigenvalue weighted by molar-refractivity contribution is 7.99. The fourth-order valence-electron chi connectivity index (χ4n) is 3.03. The first-order valence-corrected chi connectivity index (χ1v) is 6.95. The van der Waals surface area contributed by atoms with Crippen LogP contribution >= 0.6 is 11.8 Å². The zero-order chi connectivity index (χ0) is 10.8. The zero-order valence-corrected chi connectivity index (χ0v) is 10.0. The van der Waals surface area contributed by atoms with Gasteiger partial charge >= 0.3 is 5.97 Å². The number of nitrogens with zero attached hydrogens (tertiary/aromatic N) is 1. The lowest BCUT2D eigenvalue weighted by molar-refractivity contribution is -0.142. The Hall–Kier alpha value is -0.220. The van der Waals surface area contributed by atoms with Crippen LogP contribution in [0.15, 0.2) is 0 Å². The molecule has 0 aliphatic carbocycles. The van der Waals surface area contributed by atoms with Crippen molar-refractivity contribution in [3.63, 3.8) is 0 Å². The summed E-state index contributed by atoms with van der Waals surface area (Å²) in [5, 5.41) is 9.09. The van der Waals surface area contributed by atoms with E-state index in [2.05, 4.69) is 11.8 Å². The van der Waals surface area contributed by atoms with E-state index in [-0.39, 0.29) is 5.92 Å². The summed E-state index contributed by atoms with van der Waals surface area (Å²) in [6.45, 7) is 3.25. The van der Waals surface area contributed by atoms with Gasteiger partial charge in [-0.3, -0.25) is 9.69 Å². The maximum atomic E-state index is 11.0. The number of fused-ring (bicyclic) bond motifs is 2. The molecule has 0 aromatic carbocycles. The molecule has 2 bridgehead atoms. The molecule has 2 aliphatic heterocycles. The van der Waals surface area contributed by atoms with E-state index in [1.165, 1.54) is 6.42 Å². The number of thioether (sulfide) groups is 1. The Morgan fingerprint density at radius 2 is 2.33 bits per heavy atom. The standard InChI is InChI=1S/C11H19NO2S/c1-2-15-6-5-12-8-3-4-10(12)9(7-8)11(13)14/h8-10H,2-7H2,1H3,(H,13,14). The van der Waals surface area contributed by atoms with Crippen molar-refractivity contribution in [2.75, 3.05) is 18.1 Å². The van der Waals surface area contributed by atoms with Gasteiger partial charge in [0.2, 0.25) is 0 Å². The maximum absolute atomic E-state index is 11.0. The Labute approximate surface area is 95.2 Å². The van der Waals surface area contributed by atoms with Crippen molar-refractivity contribution in [1.29, 1.82) is 0 Å². The summed E-state index contributed by atoms with van der Waals surface area (Å²) in [6.07, 6.45) is 3.19. The van der Waals surface area contributed by atoms with Gasteiger partial charge in [0.15, 0.2) is 0 Å². The second kappa shape index (κ2) is 4.74. The molecule has 4 heteroatoms. The molecule has 2 fully saturated rings. The van der Waals surface area contributed by atoms with Crippen molar-refractivity contribution in [3.05, 3.63) is 0 Å². The quantitative estimate of drug-likeness (QED) is 0.728. The van der Waals surface area contributed by atoms with Crippen molar-refractivity contribution in [3.8, 4) is 0 Å². The zero-order valence-electron chi connectivity index (χ0n) is 9.19. The van der Waals surface area contributed by atoms with Crippen LogP contribution < -0.4 is 0 Å². The van der Waals surface area contributed by atoms with Crippen molar-refractivity contribution >= 4 is 17.7 Å². The molecule has 2 saturated heterocycles. The van der Waals surface area contributed by atoms with Crippen molar-refractivity contribution in [2.24, 2.45) is 5.92 Å². The van der Waals surface area contributed by atoms with Gasteiger partial charge in [-0.2, -0.15) is 11.8 Å². The van der Waals surface area contributed by atoms with Gasteiger partial charge in [0.25, 0.3) is 0 Å². The highest BCUT2D eigenvalue weighted by atomic mass is 32.2. The lowest BCUT2D eigenvalue weighted by Gasteiger charge is -2.22. The van der Waals surface area contributed by atoms with E-state index in [4.69, 9.17) is 5.11 Å². The van der Waals surface area contributed by atoms with Gasteiger partial charge in [0.05, 0.1) is 5.92 Å². The lowest BCUT2D eigenvalue weighted by Crippen LogP contribution is -2.34. The molecule has 0 aromatic rings. The molecular weight excluding hydrogens is 210 g/mol. The van der Waals surface area contributed by atoms with E-state index in [1.807, 2.05) is 11.8 Å². The minimum atomic E-state index is -0.588. The number of carboxylic acids is 1. The van der Waals surface area contributed by atoms with E-state index in [9.17, 15) is 4.79 Å². The number of hydrogen-bond acceptors (Lipinski definition) is 3. The van der Waals surface area contributed by atoms with Gasteiger partial charge in [0, 0.05) is 24.4 Å². The molecule has 0 radical (unpaired) electrons. The monoisotopic (exact) mass is 229 g/mol. The summed E-state index contributed by atoms with van der Waals surface area (Å²) in [6, 6.07) is 0.901. The predicted molar refractivity (Wildman–Crippen MR) is 62.3 cm³/mol. The van der Waals surface area contributed by atoms with Gasteiger partial charge in [-0.15, -0.1) is 0 Å². The van der Waals surface area contributed by atoms with Crippen LogP contribution in [-0.2, 0) is 4.79 Å². The lowest BCUT2D eigenvalue weighted by atomic mass is 9.89. The first kappa shape index (κ1) is 11.3. The molecule has 3 unspecified atom stereocenters. The van der Waals surface area contributed by atoms with Crippen LogP contribution in [0.5, 0.6) is 0 Å². The second-order valence-electron chi connectivity index (χ2n) is 4.41. The van der Waals surface area contributed by atoms with E-state index in [0.717, 1.165) is 30.9 Å². The molecule has 3 nitrogen and oxygen atoms in total. The van der Waals surface area contributed by atoms with Gasteiger partial charge in [-0.1, -0.05) is 6.92 Å². The fourth-order valence-corrected chi connectivity index (χ4v) is 3.66. The molecule has 0 spiro atoms. The molecule has 86 valence electrons. The van der Waals surface area contributed by atoms with Crippen LogP contribution in [-0.4, -0.2) is 46.1 Å². The Morgan fingerprint density at radius 1 is 1.53 bits per heavy atom. The Kier molecular flexibility index (Phi) is 3.57. The molecule has 2 aliphatic rings. The fraction of sp³-hybridized carbons (Fsp3) is 0.909. The smallest absolute Gasteiger partial charge is 0.308 e. The maximum Gasteiger partial charge on any atom is 0.308 e. The SMILES string of the molecule is CCSCCN1C2CCC1C(C(=O)O)C2. The van der Waals surface area contributed by atoms with Gasteiger partial charge in [-0.25, -0.2) is 0 Å². The first-order valence-electron chi connectivity index (χ1n) is 5.80. The van der Waals surface area contributed by atoms with Crippen molar-refractivity contribution < 1.29 is 9.90 Å². The molecule has 3 atom stereocenters. The summed E-state index contributed by atoms with van der Waals surface area (Å²) in [4.78, 5) is 13.5. The highest BCUT2D eigenvalue weighted by Gasteiger charge is 2.48. The van der Waals surface area contributed by atoms with Crippen LogP contribution in [0, 0.1) is 5.92 Å². The van der Waals surface area contributed by atoms with E-state index < -0.39 is 5.97 Å². The summed E-state index contributed by atoms with van der Waals surface area (Å²) in [5.74, 6) is 1.63. The molecule has 2 rings (SSSR count). The van der Waals surface area contributed by atoms with Gasteiger partial charge in [0.1, 0.15) is 0 Å². The largest absolute Gasteiger partial charge is 0.481 e. The summed E-state index contributed by atoms with van der Waals surface area (Å²) in [5.41, 5.74) is 0. The average molecular weight is 229 g/mol. The average Bonchev–Trinajstić information content (AvgIpc) is 2.75. The summed E-state index contributed by atoms with van der Waals surface area (Å²) >= 11 is 1.95. The minimum Gasteiger partial charge on any atom is -0.481 e. The molecule has 1 N–H and O–H groups in total. The van der Waals surface area contributed by atoms with Crippen molar-refractivity contribution in [2.45, 2.75) is 38.3 Å². The van der Waals surface area contributed by atoms with E-state index in [0.29, 0.717) is 12.1 Å². The number of carbonyl (C=O) groups is 1. The Morgan fingerprint density at radius 3 is 2.93 bits per heavy atom. The van der Waals surface area contributed by atoms with Gasteiger partial charge in [-0.05, 0) is 25.0 Å². The van der Waals surface area contributed by atoms with Crippen LogP contribution in [0.2, 0.25) is 0 Å². The Balaban J connectivity index is 1.89. The highest BCUT2D eigenvalue weighted by Crippen LogP contribution is 2.41. The minimum absolute atomic E-state index is 0.0876. The van der Waals surface area contributed by atoms with Crippen LogP contribution in [0.1, 0.15) is 26.2 Å². The first-order chi connectivity index (χ1) is 7.24. The van der Waals surface area contributed by atoms with E-state index >= 15 is 0 Å². The predicted octanol–water partition coefficient (Wildman–Crippen LogP) is 1.68. The van der Waals surface area contributed by atoms with Crippen molar-refractivity contribution in [1.82, 2.24) is 4.90 Å². The molecular formula is C11H19NO2S. The topological polar surface area (TPSA) is 40.5 Å². The third-order valence-corrected chi connectivity index (χ3v) is 4.58. The molecule has 15 heavy (non-hydrogen) atoms. The number of carboxylic acid groups (broad SMARTS) is 1.